The van der Waals surface area contributed by atoms with Gasteiger partial charge in [-0.15, -0.1) is 4.91 Å². The molecule has 1 atom stereocenters. The Labute approximate surface area is 51.8 Å². The third-order valence-electron chi connectivity index (χ3n) is 0.916. The van der Waals surface area contributed by atoms with Crippen molar-refractivity contribution in [1.29, 1.82) is 0 Å². The summed E-state index contributed by atoms with van der Waals surface area (Å²) < 4.78 is 4.93. The molecule has 1 aliphatic heterocycles. The smallest absolute Gasteiger partial charge is 0.198 e. The summed E-state index contributed by atoms with van der Waals surface area (Å²) in [6.45, 7) is 0.668. The largest absolute Gasteiger partial charge is 0.351 e. The molecule has 0 N–H and O–H groups in total. The van der Waals surface area contributed by atoms with Crippen LogP contribution in [-0.2, 0) is 4.74 Å². The minimum Gasteiger partial charge on any atom is -0.351 e. The highest BCUT2D eigenvalue weighted by atomic mass is 32.2. The van der Waals surface area contributed by atoms with Crippen LogP contribution in [0.4, 0.5) is 0 Å². The van der Waals surface area contributed by atoms with Crippen molar-refractivity contribution in [2.75, 3.05) is 18.1 Å². The van der Waals surface area contributed by atoms with Gasteiger partial charge in [0.1, 0.15) is 0 Å². The summed E-state index contributed by atoms with van der Waals surface area (Å²) in [7, 11) is 0. The van der Waals surface area contributed by atoms with Crippen LogP contribution in [0.3, 0.4) is 0 Å². The lowest BCUT2D eigenvalue weighted by Gasteiger charge is -2.14. The molecule has 0 aromatic rings. The number of nitroso groups, excluding NO2 is 1. The van der Waals surface area contributed by atoms with Gasteiger partial charge in [-0.3, -0.25) is 0 Å². The average molecular weight is 133 g/mol. The van der Waals surface area contributed by atoms with Crippen LogP contribution in [0.15, 0.2) is 5.18 Å². The SMILES string of the molecule is O=NC1CSCCO1. The predicted octanol–water partition coefficient (Wildman–Crippen LogP) is 0.842. The second-order valence-corrected chi connectivity index (χ2v) is 2.66. The van der Waals surface area contributed by atoms with Gasteiger partial charge in [0, 0.05) is 11.5 Å². The fourth-order valence-corrected chi connectivity index (χ4v) is 1.28. The Morgan fingerprint density at radius 1 is 1.75 bits per heavy atom. The van der Waals surface area contributed by atoms with Crippen LogP contribution in [0.5, 0.6) is 0 Å². The molecule has 0 radical (unpaired) electrons. The molecular formula is C4H7NO2S. The van der Waals surface area contributed by atoms with E-state index < -0.39 is 0 Å². The summed E-state index contributed by atoms with van der Waals surface area (Å²) in [5.74, 6) is 1.72. The summed E-state index contributed by atoms with van der Waals surface area (Å²) in [4.78, 5) is 9.77. The van der Waals surface area contributed by atoms with E-state index in [1.165, 1.54) is 0 Å². The first-order valence-electron chi connectivity index (χ1n) is 2.45. The van der Waals surface area contributed by atoms with Gasteiger partial charge in [-0.05, 0) is 5.18 Å². The van der Waals surface area contributed by atoms with E-state index in [-0.39, 0.29) is 6.23 Å². The number of nitrogens with zero attached hydrogens (tertiary/aromatic N) is 1. The van der Waals surface area contributed by atoms with E-state index in [1.807, 2.05) is 0 Å². The third kappa shape index (κ3) is 1.45. The van der Waals surface area contributed by atoms with E-state index in [4.69, 9.17) is 4.74 Å². The van der Waals surface area contributed by atoms with Crippen molar-refractivity contribution in [2.24, 2.45) is 5.18 Å². The van der Waals surface area contributed by atoms with Crippen LogP contribution >= 0.6 is 11.8 Å². The standard InChI is InChI=1S/C4H7NO2S/c6-5-4-3-8-2-1-7-4/h4H,1-3H2. The van der Waals surface area contributed by atoms with Crippen molar-refractivity contribution < 1.29 is 4.74 Å². The van der Waals surface area contributed by atoms with Crippen LogP contribution in [0.25, 0.3) is 0 Å². The van der Waals surface area contributed by atoms with Gasteiger partial charge in [-0.2, -0.15) is 11.8 Å². The molecule has 0 spiro atoms. The second-order valence-electron chi connectivity index (χ2n) is 1.51. The normalized spacial score (nSPS) is 29.8. The minimum atomic E-state index is -0.381. The average Bonchev–Trinajstić information content (AvgIpc) is 1.90. The molecule has 0 aliphatic carbocycles. The van der Waals surface area contributed by atoms with Crippen molar-refractivity contribution >= 4 is 11.8 Å². The molecule has 0 bridgehead atoms. The summed E-state index contributed by atoms with van der Waals surface area (Å²) in [5, 5.41) is 2.75. The number of hydrogen-bond acceptors (Lipinski definition) is 4. The zero-order valence-corrected chi connectivity index (χ0v) is 5.19. The van der Waals surface area contributed by atoms with E-state index in [0.717, 1.165) is 11.5 Å². The molecule has 1 saturated heterocycles. The Morgan fingerprint density at radius 2 is 2.62 bits per heavy atom. The van der Waals surface area contributed by atoms with E-state index >= 15 is 0 Å². The Kier molecular flexibility index (Phi) is 2.29. The van der Waals surface area contributed by atoms with Crippen LogP contribution < -0.4 is 0 Å². The first kappa shape index (κ1) is 6.04. The quantitative estimate of drug-likeness (QED) is 0.497. The molecule has 1 fully saturated rings. The van der Waals surface area contributed by atoms with Crippen molar-refractivity contribution in [3.05, 3.63) is 4.91 Å². The fraction of sp³-hybridized carbons (Fsp3) is 1.00. The van der Waals surface area contributed by atoms with Crippen LogP contribution in [0, 0.1) is 4.91 Å². The molecule has 1 heterocycles. The molecular weight excluding hydrogens is 126 g/mol. The van der Waals surface area contributed by atoms with E-state index in [0.29, 0.717) is 6.61 Å². The first-order valence-corrected chi connectivity index (χ1v) is 3.61. The summed E-state index contributed by atoms with van der Waals surface area (Å²) in [5.41, 5.74) is 0. The fourth-order valence-electron chi connectivity index (χ4n) is 0.536. The molecule has 46 valence electrons. The number of rotatable bonds is 1. The molecule has 0 aromatic heterocycles. The van der Waals surface area contributed by atoms with Gasteiger partial charge in [0.25, 0.3) is 0 Å². The van der Waals surface area contributed by atoms with Gasteiger partial charge < -0.3 is 4.74 Å². The zero-order chi connectivity index (χ0) is 5.82. The van der Waals surface area contributed by atoms with Crippen molar-refractivity contribution in [2.45, 2.75) is 6.23 Å². The molecule has 0 amide bonds. The Balaban J connectivity index is 2.22. The van der Waals surface area contributed by atoms with Gasteiger partial charge in [0.2, 0.25) is 0 Å². The topological polar surface area (TPSA) is 38.7 Å². The Morgan fingerprint density at radius 3 is 3.00 bits per heavy atom. The lowest BCUT2D eigenvalue weighted by atomic mass is 10.6. The van der Waals surface area contributed by atoms with Crippen LogP contribution in [0.2, 0.25) is 0 Å². The number of hydrogen-bond donors (Lipinski definition) is 0. The molecule has 3 nitrogen and oxygen atoms in total. The highest BCUT2D eigenvalue weighted by Crippen LogP contribution is 2.12. The van der Waals surface area contributed by atoms with Gasteiger partial charge in [0.15, 0.2) is 6.23 Å². The summed E-state index contributed by atoms with van der Waals surface area (Å²) in [6.07, 6.45) is -0.381. The second kappa shape index (κ2) is 3.04. The lowest BCUT2D eigenvalue weighted by Crippen LogP contribution is -2.19. The number of ether oxygens (including phenoxy) is 1. The van der Waals surface area contributed by atoms with Crippen molar-refractivity contribution in [3.63, 3.8) is 0 Å². The highest BCUT2D eigenvalue weighted by molar-refractivity contribution is 7.99. The third-order valence-corrected chi connectivity index (χ3v) is 1.89. The van der Waals surface area contributed by atoms with Crippen LogP contribution in [0.1, 0.15) is 0 Å². The molecule has 4 heteroatoms. The number of thioether (sulfide) groups is 1. The predicted molar refractivity (Wildman–Crippen MR) is 32.9 cm³/mol. The maximum absolute atomic E-state index is 9.77. The Hall–Kier alpha value is -0.0900. The highest BCUT2D eigenvalue weighted by Gasteiger charge is 2.12. The minimum absolute atomic E-state index is 0.381. The van der Waals surface area contributed by atoms with E-state index in [2.05, 4.69) is 5.18 Å². The van der Waals surface area contributed by atoms with Gasteiger partial charge in [-0.1, -0.05) is 0 Å². The molecule has 0 aromatic carbocycles. The maximum Gasteiger partial charge on any atom is 0.198 e. The van der Waals surface area contributed by atoms with Gasteiger partial charge in [0.05, 0.1) is 6.61 Å². The molecule has 1 unspecified atom stereocenters. The molecule has 1 rings (SSSR count). The Bertz CT molecular complexity index is 82.1. The lowest BCUT2D eigenvalue weighted by molar-refractivity contribution is 0.0812. The van der Waals surface area contributed by atoms with Crippen molar-refractivity contribution in [3.8, 4) is 0 Å². The molecule has 0 saturated carbocycles. The summed E-state index contributed by atoms with van der Waals surface area (Å²) in [6, 6.07) is 0. The molecule has 8 heavy (non-hydrogen) atoms. The van der Waals surface area contributed by atoms with Crippen LogP contribution in [-0.4, -0.2) is 24.3 Å². The first-order chi connectivity index (χ1) is 3.93. The summed E-state index contributed by atoms with van der Waals surface area (Å²) >= 11 is 1.71. The molecule has 1 aliphatic rings. The monoisotopic (exact) mass is 133 g/mol. The van der Waals surface area contributed by atoms with Gasteiger partial charge >= 0.3 is 0 Å². The maximum atomic E-state index is 9.77. The van der Waals surface area contributed by atoms with E-state index in [9.17, 15) is 4.91 Å². The van der Waals surface area contributed by atoms with Gasteiger partial charge in [-0.25, -0.2) is 0 Å². The van der Waals surface area contributed by atoms with E-state index in [1.54, 1.807) is 11.8 Å². The van der Waals surface area contributed by atoms with Crippen molar-refractivity contribution in [1.82, 2.24) is 0 Å². The zero-order valence-electron chi connectivity index (χ0n) is 4.37.